The molecule has 2 aliphatic rings. The fraction of sp³-hybridized carbons (Fsp3) is 0.360. The van der Waals surface area contributed by atoms with Crippen LogP contribution in [0.2, 0.25) is 0 Å². The van der Waals surface area contributed by atoms with Gasteiger partial charge in [0, 0.05) is 30.8 Å². The zero-order chi connectivity index (χ0) is 20.8. The van der Waals surface area contributed by atoms with Gasteiger partial charge in [0.2, 0.25) is 11.7 Å². The fourth-order valence-electron chi connectivity index (χ4n) is 4.37. The third kappa shape index (κ3) is 4.39. The number of hydrogen-bond acceptors (Lipinski definition) is 4. The first-order valence-electron chi connectivity index (χ1n) is 10.6. The number of likely N-dealkylation sites (tertiary alicyclic amines) is 1. The first kappa shape index (κ1) is 20.2. The molecule has 0 saturated carbocycles. The van der Waals surface area contributed by atoms with Crippen LogP contribution in [0.1, 0.15) is 31.2 Å². The maximum Gasteiger partial charge on any atom is 0.247 e. The zero-order valence-corrected chi connectivity index (χ0v) is 17.1. The number of amides is 1. The highest BCUT2D eigenvalue weighted by atomic mass is 16.2. The Morgan fingerprint density at radius 1 is 1.00 bits per heavy atom. The highest BCUT2D eigenvalue weighted by molar-refractivity contribution is 5.96. The third-order valence-corrected chi connectivity index (χ3v) is 6.09. The number of carbonyl (C=O) groups excluding carboxylic acids is 2. The van der Waals surface area contributed by atoms with Crippen molar-refractivity contribution in [2.24, 2.45) is 0 Å². The standard InChI is InChI=1S/C25H27N3O2/c29-23(14-13-21-8-3-1-4-9-21)12-7-17-27-18-15-25(16-19-27)24(30)26-20-28(25)22-10-5-2-6-11-22/h1-6,8-11H,7,12,15-20H2,(H,26,30). The molecule has 0 bridgehead atoms. The molecule has 0 aromatic heterocycles. The van der Waals surface area contributed by atoms with Gasteiger partial charge in [0.05, 0.1) is 6.67 Å². The van der Waals surface area contributed by atoms with Crippen molar-refractivity contribution in [1.82, 2.24) is 10.2 Å². The lowest BCUT2D eigenvalue weighted by Crippen LogP contribution is -2.56. The Bertz CT molecular complexity index is 939. The van der Waals surface area contributed by atoms with E-state index in [1.807, 2.05) is 48.5 Å². The number of anilines is 1. The highest BCUT2D eigenvalue weighted by Gasteiger charge is 2.50. The Balaban J connectivity index is 1.27. The minimum absolute atomic E-state index is 0.0160. The van der Waals surface area contributed by atoms with E-state index < -0.39 is 5.54 Å². The lowest BCUT2D eigenvalue weighted by atomic mass is 9.85. The van der Waals surface area contributed by atoms with E-state index in [0.717, 1.165) is 50.1 Å². The molecule has 5 nitrogen and oxygen atoms in total. The normalized spacial score (nSPS) is 18.0. The minimum Gasteiger partial charge on any atom is -0.339 e. The van der Waals surface area contributed by atoms with Gasteiger partial charge < -0.3 is 15.1 Å². The second kappa shape index (κ2) is 9.15. The Morgan fingerprint density at radius 2 is 1.67 bits per heavy atom. The second-order valence-corrected chi connectivity index (χ2v) is 7.94. The molecular formula is C25H27N3O2. The lowest BCUT2D eigenvalue weighted by Gasteiger charge is -2.43. The van der Waals surface area contributed by atoms with Crippen molar-refractivity contribution in [3.8, 4) is 11.8 Å². The first-order valence-corrected chi connectivity index (χ1v) is 10.6. The maximum absolute atomic E-state index is 12.7. The zero-order valence-electron chi connectivity index (χ0n) is 17.1. The molecule has 2 fully saturated rings. The molecule has 0 radical (unpaired) electrons. The molecule has 30 heavy (non-hydrogen) atoms. The molecular weight excluding hydrogens is 374 g/mol. The third-order valence-electron chi connectivity index (χ3n) is 6.09. The number of ketones is 1. The summed E-state index contributed by atoms with van der Waals surface area (Å²) >= 11 is 0. The van der Waals surface area contributed by atoms with Crippen LogP contribution in [0, 0.1) is 11.8 Å². The number of benzene rings is 2. The van der Waals surface area contributed by atoms with E-state index in [9.17, 15) is 9.59 Å². The van der Waals surface area contributed by atoms with Crippen molar-refractivity contribution in [3.63, 3.8) is 0 Å². The molecule has 2 heterocycles. The summed E-state index contributed by atoms with van der Waals surface area (Å²) in [7, 11) is 0. The summed E-state index contributed by atoms with van der Waals surface area (Å²) < 4.78 is 0. The molecule has 1 N–H and O–H groups in total. The molecule has 2 aromatic rings. The van der Waals surface area contributed by atoms with E-state index in [2.05, 4.69) is 39.1 Å². The Kier molecular flexibility index (Phi) is 6.15. The van der Waals surface area contributed by atoms with Gasteiger partial charge in [0.25, 0.3) is 0 Å². The van der Waals surface area contributed by atoms with Gasteiger partial charge in [-0.05, 0) is 56.0 Å². The fourth-order valence-corrected chi connectivity index (χ4v) is 4.37. The van der Waals surface area contributed by atoms with Gasteiger partial charge in [0.1, 0.15) is 5.54 Å². The predicted molar refractivity (Wildman–Crippen MR) is 118 cm³/mol. The van der Waals surface area contributed by atoms with Crippen LogP contribution >= 0.6 is 0 Å². The first-order chi connectivity index (χ1) is 14.7. The van der Waals surface area contributed by atoms with Crippen molar-refractivity contribution in [2.45, 2.75) is 31.2 Å². The molecule has 2 saturated heterocycles. The summed E-state index contributed by atoms with van der Waals surface area (Å²) in [6, 6.07) is 19.7. The molecule has 4 rings (SSSR count). The van der Waals surface area contributed by atoms with Crippen molar-refractivity contribution in [2.75, 3.05) is 31.2 Å². The summed E-state index contributed by atoms with van der Waals surface area (Å²) in [6.07, 6.45) is 2.87. The van der Waals surface area contributed by atoms with Gasteiger partial charge in [-0.15, -0.1) is 0 Å². The number of hydrogen-bond donors (Lipinski definition) is 1. The summed E-state index contributed by atoms with van der Waals surface area (Å²) in [5, 5.41) is 3.04. The average molecular weight is 402 g/mol. The van der Waals surface area contributed by atoms with Crippen LogP contribution < -0.4 is 10.2 Å². The van der Waals surface area contributed by atoms with Crippen LogP contribution in [-0.4, -0.2) is 48.4 Å². The molecule has 154 valence electrons. The Hall–Kier alpha value is -3.10. The van der Waals surface area contributed by atoms with Crippen LogP contribution in [0.4, 0.5) is 5.69 Å². The number of rotatable bonds is 5. The molecule has 0 unspecified atom stereocenters. The Labute approximate surface area is 178 Å². The molecule has 2 aromatic carbocycles. The van der Waals surface area contributed by atoms with Crippen molar-refractivity contribution in [3.05, 3.63) is 66.2 Å². The van der Waals surface area contributed by atoms with Crippen molar-refractivity contribution >= 4 is 17.4 Å². The lowest BCUT2D eigenvalue weighted by molar-refractivity contribution is -0.125. The van der Waals surface area contributed by atoms with E-state index in [4.69, 9.17) is 0 Å². The minimum atomic E-state index is -0.450. The number of nitrogens with one attached hydrogen (secondary N) is 1. The van der Waals surface area contributed by atoms with Crippen molar-refractivity contribution in [1.29, 1.82) is 0 Å². The van der Waals surface area contributed by atoms with E-state index in [-0.39, 0.29) is 11.7 Å². The number of Topliss-reactive ketones (excluding diaryl/α,β-unsaturated/α-hetero) is 1. The van der Waals surface area contributed by atoms with E-state index in [1.54, 1.807) is 0 Å². The second-order valence-electron chi connectivity index (χ2n) is 7.94. The van der Waals surface area contributed by atoms with E-state index >= 15 is 0 Å². The average Bonchev–Trinajstić information content (AvgIpc) is 3.10. The molecule has 0 aliphatic carbocycles. The Morgan fingerprint density at radius 3 is 2.37 bits per heavy atom. The van der Waals surface area contributed by atoms with Crippen LogP contribution in [0.3, 0.4) is 0 Å². The van der Waals surface area contributed by atoms with Gasteiger partial charge in [-0.1, -0.05) is 42.3 Å². The van der Waals surface area contributed by atoms with Gasteiger partial charge in [-0.2, -0.15) is 0 Å². The van der Waals surface area contributed by atoms with Crippen LogP contribution in [-0.2, 0) is 9.59 Å². The number of carbonyl (C=O) groups is 2. The topological polar surface area (TPSA) is 52.7 Å². The van der Waals surface area contributed by atoms with Gasteiger partial charge in [-0.25, -0.2) is 0 Å². The number of piperidine rings is 1. The molecule has 2 aliphatic heterocycles. The summed E-state index contributed by atoms with van der Waals surface area (Å²) in [5.74, 6) is 5.79. The molecule has 0 atom stereocenters. The van der Waals surface area contributed by atoms with E-state index in [1.165, 1.54) is 0 Å². The van der Waals surface area contributed by atoms with Gasteiger partial charge >= 0.3 is 0 Å². The highest BCUT2D eigenvalue weighted by Crippen LogP contribution is 2.36. The van der Waals surface area contributed by atoms with Gasteiger partial charge in [0.15, 0.2) is 0 Å². The summed E-state index contributed by atoms with van der Waals surface area (Å²) in [6.45, 7) is 3.15. The summed E-state index contributed by atoms with van der Waals surface area (Å²) in [4.78, 5) is 29.3. The quantitative estimate of drug-likeness (QED) is 0.783. The molecule has 1 spiro atoms. The summed E-state index contributed by atoms with van der Waals surface area (Å²) in [5.41, 5.74) is 1.51. The number of nitrogens with zero attached hydrogens (tertiary/aromatic N) is 2. The van der Waals surface area contributed by atoms with Gasteiger partial charge in [-0.3, -0.25) is 9.59 Å². The number of para-hydroxylation sites is 1. The largest absolute Gasteiger partial charge is 0.339 e. The smallest absolute Gasteiger partial charge is 0.247 e. The van der Waals surface area contributed by atoms with Crippen LogP contribution in [0.5, 0.6) is 0 Å². The van der Waals surface area contributed by atoms with Crippen LogP contribution in [0.25, 0.3) is 0 Å². The molecule has 1 amide bonds. The molecule has 5 heteroatoms. The predicted octanol–water partition coefficient (Wildman–Crippen LogP) is 2.82. The SMILES string of the molecule is O=C(C#Cc1ccccc1)CCCN1CCC2(CC1)C(=O)NCN2c1ccccc1. The van der Waals surface area contributed by atoms with E-state index in [0.29, 0.717) is 13.1 Å². The monoisotopic (exact) mass is 401 g/mol. The van der Waals surface area contributed by atoms with Crippen molar-refractivity contribution < 1.29 is 9.59 Å². The maximum atomic E-state index is 12.7. The van der Waals surface area contributed by atoms with Crippen LogP contribution in [0.15, 0.2) is 60.7 Å².